The van der Waals surface area contributed by atoms with Gasteiger partial charge in [-0.15, -0.1) is 0 Å². The topological polar surface area (TPSA) is 29.3 Å². The van der Waals surface area contributed by atoms with Gasteiger partial charge in [-0.05, 0) is 29.5 Å². The first-order valence-corrected chi connectivity index (χ1v) is 8.05. The Kier molecular flexibility index (Phi) is 7.25. The molecule has 1 rings (SSSR count). The van der Waals surface area contributed by atoms with Crippen molar-refractivity contribution in [2.24, 2.45) is 11.7 Å². The maximum absolute atomic E-state index is 6.37. The van der Waals surface area contributed by atoms with Gasteiger partial charge >= 0.3 is 0 Å². The smallest absolute Gasteiger partial charge is 0.0424 e. The van der Waals surface area contributed by atoms with E-state index in [1.165, 1.54) is 17.5 Å². The maximum Gasteiger partial charge on any atom is 0.0424 e. The van der Waals surface area contributed by atoms with Crippen molar-refractivity contribution in [1.82, 2.24) is 4.90 Å². The van der Waals surface area contributed by atoms with E-state index in [1.807, 2.05) is 0 Å². The number of benzene rings is 1. The highest BCUT2D eigenvalue weighted by atomic mass is 15.1. The van der Waals surface area contributed by atoms with Crippen LogP contribution in [0.25, 0.3) is 0 Å². The van der Waals surface area contributed by atoms with Gasteiger partial charge in [-0.25, -0.2) is 0 Å². The molecule has 1 aromatic carbocycles. The molecule has 2 heteroatoms. The lowest BCUT2D eigenvalue weighted by atomic mass is 9.99. The van der Waals surface area contributed by atoms with Gasteiger partial charge in [0.2, 0.25) is 0 Å². The second-order valence-corrected chi connectivity index (χ2v) is 6.29. The van der Waals surface area contributed by atoms with Crippen LogP contribution in [0.3, 0.4) is 0 Å². The van der Waals surface area contributed by atoms with Crippen molar-refractivity contribution in [2.75, 3.05) is 19.6 Å². The quantitative estimate of drug-likeness (QED) is 0.772. The lowest BCUT2D eigenvalue weighted by Gasteiger charge is -2.27. The molecule has 1 aromatic rings. The molecule has 0 heterocycles. The van der Waals surface area contributed by atoms with Crippen LogP contribution in [0.15, 0.2) is 24.3 Å². The first kappa shape index (κ1) is 17.2. The summed E-state index contributed by atoms with van der Waals surface area (Å²) in [6.07, 6.45) is 1.23. The predicted octanol–water partition coefficient (Wildman–Crippen LogP) is 4.18. The summed E-state index contributed by atoms with van der Waals surface area (Å²) in [6.45, 7) is 14.4. The second-order valence-electron chi connectivity index (χ2n) is 6.29. The molecule has 0 aliphatic carbocycles. The Balaban J connectivity index is 2.62. The summed E-state index contributed by atoms with van der Waals surface area (Å²) in [7, 11) is 0. The van der Waals surface area contributed by atoms with Crippen LogP contribution >= 0.6 is 0 Å². The molecule has 0 saturated heterocycles. The minimum atomic E-state index is 0.111. The zero-order chi connectivity index (χ0) is 15.1. The van der Waals surface area contributed by atoms with Crippen molar-refractivity contribution in [1.29, 1.82) is 0 Å². The van der Waals surface area contributed by atoms with E-state index in [0.717, 1.165) is 25.6 Å². The van der Waals surface area contributed by atoms with E-state index in [2.05, 4.69) is 63.8 Å². The Labute approximate surface area is 125 Å². The maximum atomic E-state index is 6.37. The van der Waals surface area contributed by atoms with Crippen LogP contribution < -0.4 is 5.73 Å². The zero-order valence-electron chi connectivity index (χ0n) is 13.9. The van der Waals surface area contributed by atoms with Crippen LogP contribution in [0.4, 0.5) is 0 Å². The third-order valence-electron chi connectivity index (χ3n) is 4.20. The zero-order valence-corrected chi connectivity index (χ0v) is 13.9. The first-order valence-electron chi connectivity index (χ1n) is 8.05. The number of hydrogen-bond acceptors (Lipinski definition) is 2. The minimum Gasteiger partial charge on any atom is -0.323 e. The van der Waals surface area contributed by atoms with Crippen LogP contribution in [-0.4, -0.2) is 24.5 Å². The Morgan fingerprint density at radius 3 is 1.95 bits per heavy atom. The number of nitrogens with two attached hydrogens (primary N) is 1. The van der Waals surface area contributed by atoms with Crippen molar-refractivity contribution in [3.63, 3.8) is 0 Å². The molecule has 0 amide bonds. The third kappa shape index (κ3) is 5.26. The summed E-state index contributed by atoms with van der Waals surface area (Å²) in [6, 6.07) is 8.92. The van der Waals surface area contributed by atoms with Gasteiger partial charge in [0.25, 0.3) is 0 Å². The number of likely N-dealkylation sites (N-methyl/N-ethyl adjacent to an activating group) is 1. The molecule has 114 valence electrons. The molecule has 0 bridgehead atoms. The SMILES string of the molecule is CCC(C)CN(CC)CC(N)c1ccc(C(C)C)cc1. The standard InChI is InChI=1S/C18H32N2/c1-6-15(5)12-20(7-2)13-18(19)17-10-8-16(9-11-17)14(3)4/h8-11,14-15,18H,6-7,12-13,19H2,1-5H3. The first-order chi connectivity index (χ1) is 9.47. The molecule has 0 saturated carbocycles. The van der Waals surface area contributed by atoms with Crippen LogP contribution in [0.1, 0.15) is 64.1 Å². The fraction of sp³-hybridized carbons (Fsp3) is 0.667. The molecular formula is C18H32N2. The molecule has 2 unspecified atom stereocenters. The summed E-state index contributed by atoms with van der Waals surface area (Å²) in [5.74, 6) is 1.32. The van der Waals surface area contributed by atoms with Gasteiger partial charge in [-0.2, -0.15) is 0 Å². The highest BCUT2D eigenvalue weighted by molar-refractivity contribution is 5.26. The molecule has 0 spiro atoms. The van der Waals surface area contributed by atoms with E-state index >= 15 is 0 Å². The molecule has 0 aliphatic heterocycles. The molecule has 0 aliphatic rings. The second kappa shape index (κ2) is 8.43. The Bertz CT molecular complexity index is 370. The fourth-order valence-corrected chi connectivity index (χ4v) is 2.41. The molecule has 0 radical (unpaired) electrons. The van der Waals surface area contributed by atoms with Gasteiger partial charge in [0.05, 0.1) is 0 Å². The van der Waals surface area contributed by atoms with Crippen molar-refractivity contribution in [3.8, 4) is 0 Å². The van der Waals surface area contributed by atoms with Crippen molar-refractivity contribution in [2.45, 2.75) is 53.0 Å². The fourth-order valence-electron chi connectivity index (χ4n) is 2.41. The summed E-state index contributed by atoms with van der Waals surface area (Å²) in [5, 5.41) is 0. The highest BCUT2D eigenvalue weighted by Crippen LogP contribution is 2.18. The largest absolute Gasteiger partial charge is 0.323 e. The normalized spacial score (nSPS) is 14.8. The Morgan fingerprint density at radius 1 is 0.950 bits per heavy atom. The van der Waals surface area contributed by atoms with Gasteiger partial charge in [0.1, 0.15) is 0 Å². The third-order valence-corrected chi connectivity index (χ3v) is 4.20. The summed E-state index contributed by atoms with van der Waals surface area (Å²) in [5.41, 5.74) is 9.00. The van der Waals surface area contributed by atoms with E-state index in [0.29, 0.717) is 5.92 Å². The monoisotopic (exact) mass is 276 g/mol. The molecular weight excluding hydrogens is 244 g/mol. The molecule has 20 heavy (non-hydrogen) atoms. The van der Waals surface area contributed by atoms with E-state index < -0.39 is 0 Å². The molecule has 2 nitrogen and oxygen atoms in total. The number of nitrogens with zero attached hydrogens (tertiary/aromatic N) is 1. The van der Waals surface area contributed by atoms with Gasteiger partial charge in [0, 0.05) is 19.1 Å². The van der Waals surface area contributed by atoms with Crippen molar-refractivity contribution >= 4 is 0 Å². The summed E-state index contributed by atoms with van der Waals surface area (Å²) in [4.78, 5) is 2.47. The Morgan fingerprint density at radius 2 is 1.50 bits per heavy atom. The van der Waals surface area contributed by atoms with Crippen LogP contribution in [0.5, 0.6) is 0 Å². The minimum absolute atomic E-state index is 0.111. The molecule has 2 N–H and O–H groups in total. The van der Waals surface area contributed by atoms with E-state index in [1.54, 1.807) is 0 Å². The van der Waals surface area contributed by atoms with E-state index in [4.69, 9.17) is 5.73 Å². The van der Waals surface area contributed by atoms with E-state index in [-0.39, 0.29) is 6.04 Å². The average molecular weight is 276 g/mol. The Hall–Kier alpha value is -0.860. The van der Waals surface area contributed by atoms with Crippen molar-refractivity contribution < 1.29 is 0 Å². The average Bonchev–Trinajstić information content (AvgIpc) is 2.46. The van der Waals surface area contributed by atoms with E-state index in [9.17, 15) is 0 Å². The summed E-state index contributed by atoms with van der Waals surface area (Å²) >= 11 is 0. The van der Waals surface area contributed by atoms with Crippen molar-refractivity contribution in [3.05, 3.63) is 35.4 Å². The van der Waals surface area contributed by atoms with Crippen LogP contribution in [-0.2, 0) is 0 Å². The molecule has 0 aromatic heterocycles. The number of hydrogen-bond donors (Lipinski definition) is 1. The van der Waals surface area contributed by atoms with Crippen LogP contribution in [0, 0.1) is 5.92 Å². The lowest BCUT2D eigenvalue weighted by Crippen LogP contribution is -2.35. The predicted molar refractivity (Wildman–Crippen MR) is 89.0 cm³/mol. The van der Waals surface area contributed by atoms with Gasteiger partial charge in [-0.3, -0.25) is 0 Å². The molecule has 2 atom stereocenters. The summed E-state index contributed by atoms with van der Waals surface area (Å²) < 4.78 is 0. The van der Waals surface area contributed by atoms with Gasteiger partial charge in [-0.1, -0.05) is 65.3 Å². The highest BCUT2D eigenvalue weighted by Gasteiger charge is 2.13. The molecule has 0 fully saturated rings. The van der Waals surface area contributed by atoms with Gasteiger partial charge < -0.3 is 10.6 Å². The van der Waals surface area contributed by atoms with Gasteiger partial charge in [0.15, 0.2) is 0 Å². The van der Waals surface area contributed by atoms with Crippen LogP contribution in [0.2, 0.25) is 0 Å². The number of rotatable bonds is 8. The lowest BCUT2D eigenvalue weighted by molar-refractivity contribution is 0.232.